The second-order valence-electron chi connectivity index (χ2n) is 23.1. The summed E-state index contributed by atoms with van der Waals surface area (Å²) >= 11 is 0. The molecule has 0 aliphatic rings. The summed E-state index contributed by atoms with van der Waals surface area (Å²) in [5.41, 5.74) is 0. The van der Waals surface area contributed by atoms with Gasteiger partial charge in [0.05, 0.1) is 27.7 Å². The zero-order chi connectivity index (χ0) is 61.2. The van der Waals surface area contributed by atoms with Crippen molar-refractivity contribution in [1.29, 1.82) is 0 Å². The molecule has 0 aromatic heterocycles. The fraction of sp³-hybridized carbons (Fsp3) is 0.649. The van der Waals surface area contributed by atoms with E-state index in [4.69, 9.17) is 18.5 Å². The predicted octanol–water partition coefficient (Wildman–Crippen LogP) is 21.8. The number of quaternary nitrogens is 1. The fourth-order valence-electron chi connectivity index (χ4n) is 8.72. The SMILES string of the molecule is CC/C=C\C/C=C\C/C=C\C/C=C\C/C=C\C/C=C\C/C=C\C/C=C\C/C=C\CCCCCCCCCCCCCC(=O)OC(COC(=O)CCCCCCCC/C=C\C/C=C\C/C=C\CCCCCCC)COP(=O)(O)OCC[N+](C)(C)C. The molecule has 2 atom stereocenters. The van der Waals surface area contributed by atoms with Crippen LogP contribution in [0.1, 0.15) is 258 Å². The van der Waals surface area contributed by atoms with Crippen molar-refractivity contribution < 1.29 is 42.1 Å². The molecule has 478 valence electrons. The second kappa shape index (κ2) is 63.4. The number of hydrogen-bond acceptors (Lipinski definition) is 7. The lowest BCUT2D eigenvalue weighted by Crippen LogP contribution is -2.37. The molecule has 0 bridgehead atoms. The minimum atomic E-state index is -4.40. The van der Waals surface area contributed by atoms with Crippen LogP contribution in [-0.4, -0.2) is 74.9 Å². The number of hydrogen-bond donors (Lipinski definition) is 1. The van der Waals surface area contributed by atoms with Crippen molar-refractivity contribution in [1.82, 2.24) is 0 Å². The molecular weight excluding hydrogens is 1060 g/mol. The zero-order valence-electron chi connectivity index (χ0n) is 54.3. The number of nitrogens with zero attached hydrogens (tertiary/aromatic N) is 1. The highest BCUT2D eigenvalue weighted by Crippen LogP contribution is 2.43. The monoisotopic (exact) mass is 1190 g/mol. The van der Waals surface area contributed by atoms with Gasteiger partial charge in [0, 0.05) is 12.8 Å². The third-order valence-electron chi connectivity index (χ3n) is 13.9. The summed E-state index contributed by atoms with van der Waals surface area (Å²) in [5.74, 6) is -0.821. The smallest absolute Gasteiger partial charge is 0.462 e. The highest BCUT2D eigenvalue weighted by Gasteiger charge is 2.27. The van der Waals surface area contributed by atoms with Crippen molar-refractivity contribution in [2.75, 3.05) is 47.5 Å². The molecule has 84 heavy (non-hydrogen) atoms. The number of carbonyl (C=O) groups is 2. The molecule has 0 spiro atoms. The largest absolute Gasteiger partial charge is 0.472 e. The summed E-state index contributed by atoms with van der Waals surface area (Å²) in [6.45, 7) is 4.28. The van der Waals surface area contributed by atoms with Crippen molar-refractivity contribution >= 4 is 19.8 Å². The van der Waals surface area contributed by atoms with E-state index >= 15 is 0 Å². The standard InChI is InChI=1S/C74H124NO8P/c1-6-8-10-12-14-16-18-20-22-24-26-28-29-30-31-32-33-34-35-36-37-38-39-40-41-42-43-44-45-47-49-51-53-55-57-59-61-63-65-67-74(77)83-72(71-82-84(78,79)81-69-68-75(3,4)5)70-80-73(76)66-64-62-60-58-56-54-52-50-48-46-27-25-23-21-19-17-15-13-11-9-7-2/h8,10,14,16,19-22,25-28,30-31,33-34,36-37,39-40,42-43,48,50,72H,6-7,9,11-13,15,17-18,23-24,29,32,35,38,41,44-47,49,51-71H2,1-5H3/p+1/b10-8-,16-14-,21-19-,22-20-,27-25-,28-26-,31-30-,34-33-,37-36-,40-39-,43-42-,50-48-. The molecule has 0 aromatic rings. The van der Waals surface area contributed by atoms with Gasteiger partial charge in [0.2, 0.25) is 0 Å². The second-order valence-corrected chi connectivity index (χ2v) is 24.6. The minimum absolute atomic E-state index is 0.0220. The molecule has 0 saturated heterocycles. The Labute approximate surface area is 516 Å². The molecule has 0 aromatic carbocycles. The van der Waals surface area contributed by atoms with E-state index in [1.165, 1.54) is 96.3 Å². The zero-order valence-corrected chi connectivity index (χ0v) is 55.2. The van der Waals surface area contributed by atoms with Gasteiger partial charge in [0.15, 0.2) is 6.10 Å². The Morgan fingerprint density at radius 1 is 0.381 bits per heavy atom. The summed E-state index contributed by atoms with van der Waals surface area (Å²) < 4.78 is 34.6. The minimum Gasteiger partial charge on any atom is -0.462 e. The van der Waals surface area contributed by atoms with Crippen molar-refractivity contribution in [2.24, 2.45) is 0 Å². The van der Waals surface area contributed by atoms with Crippen LogP contribution in [0.4, 0.5) is 0 Å². The molecule has 0 saturated carbocycles. The predicted molar refractivity (Wildman–Crippen MR) is 362 cm³/mol. The maximum atomic E-state index is 12.9. The Hall–Kier alpha value is -4.11. The third kappa shape index (κ3) is 67.0. The third-order valence-corrected chi connectivity index (χ3v) is 14.8. The quantitative estimate of drug-likeness (QED) is 0.0211. The van der Waals surface area contributed by atoms with E-state index in [9.17, 15) is 19.0 Å². The van der Waals surface area contributed by atoms with Gasteiger partial charge in [-0.2, -0.15) is 0 Å². The molecule has 0 rings (SSSR count). The van der Waals surface area contributed by atoms with E-state index in [0.717, 1.165) is 128 Å². The topological polar surface area (TPSA) is 108 Å². The Bertz CT molecular complexity index is 1930. The van der Waals surface area contributed by atoms with Gasteiger partial charge in [-0.05, 0) is 122 Å². The van der Waals surface area contributed by atoms with Crippen LogP contribution in [0.5, 0.6) is 0 Å². The van der Waals surface area contributed by atoms with Gasteiger partial charge in [-0.1, -0.05) is 269 Å². The number of unbranched alkanes of at least 4 members (excludes halogenated alkanes) is 22. The van der Waals surface area contributed by atoms with Crippen LogP contribution in [0.15, 0.2) is 146 Å². The summed E-state index contributed by atoms with van der Waals surface area (Å²) in [5, 5.41) is 0. The summed E-state index contributed by atoms with van der Waals surface area (Å²) in [6.07, 6.45) is 93.6. The van der Waals surface area contributed by atoms with Crippen LogP contribution in [0, 0.1) is 0 Å². The molecule has 0 amide bonds. The first-order chi connectivity index (χ1) is 41.0. The first-order valence-electron chi connectivity index (χ1n) is 33.6. The number of rotatable bonds is 60. The van der Waals surface area contributed by atoms with E-state index in [-0.39, 0.29) is 32.0 Å². The van der Waals surface area contributed by atoms with Crippen LogP contribution in [0.2, 0.25) is 0 Å². The molecule has 0 radical (unpaired) electrons. The van der Waals surface area contributed by atoms with Crippen LogP contribution in [0.25, 0.3) is 0 Å². The van der Waals surface area contributed by atoms with Gasteiger partial charge < -0.3 is 18.9 Å². The molecule has 0 aliphatic heterocycles. The Morgan fingerprint density at radius 3 is 1.01 bits per heavy atom. The molecule has 0 fully saturated rings. The number of phosphoric ester groups is 1. The number of esters is 2. The highest BCUT2D eigenvalue weighted by atomic mass is 31.2. The Balaban J connectivity index is 4.12. The van der Waals surface area contributed by atoms with Gasteiger partial charge in [-0.3, -0.25) is 18.6 Å². The van der Waals surface area contributed by atoms with Gasteiger partial charge in [-0.15, -0.1) is 0 Å². The maximum Gasteiger partial charge on any atom is 0.472 e. The van der Waals surface area contributed by atoms with Crippen molar-refractivity contribution in [3.63, 3.8) is 0 Å². The number of allylic oxidation sites excluding steroid dienone is 24. The Kier molecular flexibility index (Phi) is 60.3. The van der Waals surface area contributed by atoms with Crippen molar-refractivity contribution in [3.8, 4) is 0 Å². The molecule has 0 aliphatic carbocycles. The maximum absolute atomic E-state index is 12.9. The molecule has 10 heteroatoms. The number of carbonyl (C=O) groups excluding carboxylic acids is 2. The van der Waals surface area contributed by atoms with Crippen molar-refractivity contribution in [3.05, 3.63) is 146 Å². The lowest BCUT2D eigenvalue weighted by atomic mass is 10.0. The van der Waals surface area contributed by atoms with Crippen LogP contribution >= 0.6 is 7.82 Å². The highest BCUT2D eigenvalue weighted by molar-refractivity contribution is 7.47. The van der Waals surface area contributed by atoms with E-state index in [1.54, 1.807) is 0 Å². The van der Waals surface area contributed by atoms with Gasteiger partial charge in [0.25, 0.3) is 0 Å². The van der Waals surface area contributed by atoms with Gasteiger partial charge in [0.1, 0.15) is 19.8 Å². The van der Waals surface area contributed by atoms with Crippen LogP contribution in [0.3, 0.4) is 0 Å². The summed E-state index contributed by atoms with van der Waals surface area (Å²) in [7, 11) is 1.45. The molecule has 1 N–H and O–H groups in total. The lowest BCUT2D eigenvalue weighted by molar-refractivity contribution is -0.870. The number of ether oxygens (including phenoxy) is 2. The fourth-order valence-corrected chi connectivity index (χ4v) is 9.46. The average molecular weight is 1190 g/mol. The van der Waals surface area contributed by atoms with E-state index in [2.05, 4.69) is 160 Å². The number of likely N-dealkylation sites (N-methyl/N-ethyl adjacent to an activating group) is 1. The van der Waals surface area contributed by atoms with E-state index in [0.29, 0.717) is 17.4 Å². The first-order valence-corrected chi connectivity index (χ1v) is 35.1. The molecule has 2 unspecified atom stereocenters. The van der Waals surface area contributed by atoms with E-state index in [1.807, 2.05) is 21.1 Å². The normalized spacial score (nSPS) is 14.1. The summed E-state index contributed by atoms with van der Waals surface area (Å²) in [6, 6.07) is 0. The van der Waals surface area contributed by atoms with E-state index < -0.39 is 26.5 Å². The molecule has 9 nitrogen and oxygen atoms in total. The van der Waals surface area contributed by atoms with Crippen molar-refractivity contribution in [2.45, 2.75) is 264 Å². The Morgan fingerprint density at radius 2 is 0.679 bits per heavy atom. The van der Waals surface area contributed by atoms with Crippen LogP contribution < -0.4 is 0 Å². The van der Waals surface area contributed by atoms with Gasteiger partial charge >= 0.3 is 19.8 Å². The average Bonchev–Trinajstić information content (AvgIpc) is 3.61. The molecule has 0 heterocycles. The van der Waals surface area contributed by atoms with Crippen LogP contribution in [-0.2, 0) is 32.7 Å². The summed E-state index contributed by atoms with van der Waals surface area (Å²) in [4.78, 5) is 35.8. The lowest BCUT2D eigenvalue weighted by Gasteiger charge is -2.24. The first kappa shape index (κ1) is 79.9. The number of phosphoric acid groups is 1. The van der Waals surface area contributed by atoms with Gasteiger partial charge in [-0.25, -0.2) is 4.57 Å². The molecular formula is C74H125NO8P+.